The fraction of sp³-hybridized carbons (Fsp3) is 0.696. The fourth-order valence-corrected chi connectivity index (χ4v) is 5.04. The van der Waals surface area contributed by atoms with Gasteiger partial charge in [0.2, 0.25) is 15.9 Å². The van der Waals surface area contributed by atoms with E-state index in [-0.39, 0.29) is 5.91 Å². The van der Waals surface area contributed by atoms with Crippen molar-refractivity contribution in [2.45, 2.75) is 82.4 Å². The van der Waals surface area contributed by atoms with Gasteiger partial charge in [0.25, 0.3) is 0 Å². The van der Waals surface area contributed by atoms with Gasteiger partial charge in [0.15, 0.2) is 0 Å². The molecule has 0 unspecified atom stereocenters. The molecule has 0 N–H and O–H groups in total. The normalized spacial score (nSPS) is 18.2. The molecule has 1 amide bonds. The van der Waals surface area contributed by atoms with E-state index in [0.29, 0.717) is 30.8 Å². The summed E-state index contributed by atoms with van der Waals surface area (Å²) in [4.78, 5) is 14.9. The Morgan fingerprint density at radius 3 is 2.07 bits per heavy atom. The zero-order chi connectivity index (χ0) is 21.1. The van der Waals surface area contributed by atoms with E-state index >= 15 is 0 Å². The van der Waals surface area contributed by atoms with Gasteiger partial charge in [0, 0.05) is 33.1 Å². The van der Waals surface area contributed by atoms with Gasteiger partial charge in [-0.15, -0.1) is 0 Å². The molecule has 164 valence electrons. The topological polar surface area (TPSA) is 57.7 Å². The lowest BCUT2D eigenvalue weighted by Gasteiger charge is -2.24. The van der Waals surface area contributed by atoms with Gasteiger partial charge >= 0.3 is 0 Å². The Kier molecular flexibility index (Phi) is 10.2. The number of amides is 1. The summed E-state index contributed by atoms with van der Waals surface area (Å²) in [6.45, 7) is 3.79. The van der Waals surface area contributed by atoms with Gasteiger partial charge in [0.1, 0.15) is 0 Å². The van der Waals surface area contributed by atoms with E-state index in [1.807, 2.05) is 24.0 Å². The Bertz CT molecular complexity index is 716. The Labute approximate surface area is 177 Å². The number of rotatable bonds is 6. The predicted octanol–water partition coefficient (Wildman–Crippen LogP) is 4.75. The molecule has 0 spiro atoms. The summed E-state index contributed by atoms with van der Waals surface area (Å²) in [5, 5.41) is 0. The first-order valence-corrected chi connectivity index (χ1v) is 12.7. The average molecular weight is 423 g/mol. The molecule has 0 radical (unpaired) electrons. The number of aryl methyl sites for hydroxylation is 1. The standard InChI is InChI=1S/C23H38N2O3S/c1-21-14-16-22(17-15-21)29(27,28)24(2)18-12-20-25-19-11-9-7-5-3-4-6-8-10-13-23(25)26/h14-17H,3-13,18-20H2,1-2H3. The summed E-state index contributed by atoms with van der Waals surface area (Å²) >= 11 is 0. The van der Waals surface area contributed by atoms with Gasteiger partial charge in [-0.1, -0.05) is 62.6 Å². The van der Waals surface area contributed by atoms with Crippen molar-refractivity contribution >= 4 is 15.9 Å². The number of nitrogens with zero attached hydrogens (tertiary/aromatic N) is 2. The van der Waals surface area contributed by atoms with E-state index in [1.165, 1.54) is 42.8 Å². The number of carbonyl (C=O) groups excluding carboxylic acids is 1. The van der Waals surface area contributed by atoms with Crippen LogP contribution in [0.3, 0.4) is 0 Å². The van der Waals surface area contributed by atoms with Gasteiger partial charge < -0.3 is 4.90 Å². The van der Waals surface area contributed by atoms with Crippen LogP contribution in [0.15, 0.2) is 29.2 Å². The van der Waals surface area contributed by atoms with E-state index < -0.39 is 10.0 Å². The molecule has 1 aromatic rings. The largest absolute Gasteiger partial charge is 0.343 e. The molecule has 0 atom stereocenters. The molecule has 1 fully saturated rings. The first-order chi connectivity index (χ1) is 13.9. The maximum absolute atomic E-state index is 12.7. The van der Waals surface area contributed by atoms with Crippen LogP contribution in [0.2, 0.25) is 0 Å². The first-order valence-electron chi connectivity index (χ1n) is 11.2. The third kappa shape index (κ3) is 8.09. The van der Waals surface area contributed by atoms with Crippen LogP contribution in [0.1, 0.15) is 76.2 Å². The maximum Gasteiger partial charge on any atom is 0.242 e. The van der Waals surface area contributed by atoms with Crippen molar-refractivity contribution in [2.24, 2.45) is 0 Å². The van der Waals surface area contributed by atoms with Crippen molar-refractivity contribution in [3.05, 3.63) is 29.8 Å². The van der Waals surface area contributed by atoms with Crippen molar-refractivity contribution in [1.82, 2.24) is 9.21 Å². The Hall–Kier alpha value is -1.40. The monoisotopic (exact) mass is 422 g/mol. The van der Waals surface area contributed by atoms with Crippen molar-refractivity contribution < 1.29 is 13.2 Å². The third-order valence-electron chi connectivity index (χ3n) is 5.80. The van der Waals surface area contributed by atoms with Gasteiger partial charge in [-0.25, -0.2) is 12.7 Å². The third-order valence-corrected chi connectivity index (χ3v) is 7.67. The molecule has 1 heterocycles. The molecule has 2 rings (SSSR count). The molecule has 29 heavy (non-hydrogen) atoms. The van der Waals surface area contributed by atoms with Crippen molar-refractivity contribution in [1.29, 1.82) is 0 Å². The number of benzene rings is 1. The SMILES string of the molecule is Cc1ccc(S(=O)(=O)N(C)CCCN2CCCCCCCCCCCC2=O)cc1. The van der Waals surface area contributed by atoms with Crippen LogP contribution in [0, 0.1) is 6.92 Å². The van der Waals surface area contributed by atoms with E-state index in [0.717, 1.165) is 31.4 Å². The van der Waals surface area contributed by atoms with Crippen LogP contribution in [0.5, 0.6) is 0 Å². The molecule has 0 aromatic heterocycles. The zero-order valence-corrected chi connectivity index (χ0v) is 19.1. The van der Waals surface area contributed by atoms with Crippen LogP contribution >= 0.6 is 0 Å². The lowest BCUT2D eigenvalue weighted by molar-refractivity contribution is -0.131. The maximum atomic E-state index is 12.7. The van der Waals surface area contributed by atoms with Gasteiger partial charge in [-0.2, -0.15) is 0 Å². The van der Waals surface area contributed by atoms with E-state index in [1.54, 1.807) is 19.2 Å². The zero-order valence-electron chi connectivity index (χ0n) is 18.2. The Balaban J connectivity index is 1.87. The molecule has 1 aromatic carbocycles. The minimum absolute atomic E-state index is 0.230. The molecule has 1 aliphatic heterocycles. The minimum Gasteiger partial charge on any atom is -0.343 e. The van der Waals surface area contributed by atoms with Crippen molar-refractivity contribution in [3.63, 3.8) is 0 Å². The lowest BCUT2D eigenvalue weighted by Crippen LogP contribution is -2.35. The van der Waals surface area contributed by atoms with Crippen LogP contribution < -0.4 is 0 Å². The van der Waals surface area contributed by atoms with Crippen LogP contribution in [-0.2, 0) is 14.8 Å². The Morgan fingerprint density at radius 1 is 0.897 bits per heavy atom. The molecule has 1 saturated heterocycles. The summed E-state index contributed by atoms with van der Waals surface area (Å²) in [7, 11) is -1.86. The molecule has 0 aliphatic carbocycles. The van der Waals surface area contributed by atoms with E-state index in [9.17, 15) is 13.2 Å². The molecular formula is C23H38N2O3S. The number of sulfonamides is 1. The first kappa shape index (κ1) is 23.9. The second-order valence-corrected chi connectivity index (χ2v) is 10.4. The number of carbonyl (C=O) groups is 1. The quantitative estimate of drug-likeness (QED) is 0.665. The number of hydrogen-bond acceptors (Lipinski definition) is 3. The summed E-state index contributed by atoms with van der Waals surface area (Å²) < 4.78 is 26.9. The van der Waals surface area contributed by atoms with Gasteiger partial charge in [-0.3, -0.25) is 4.79 Å². The van der Waals surface area contributed by atoms with E-state index in [4.69, 9.17) is 0 Å². The minimum atomic E-state index is -3.48. The highest BCUT2D eigenvalue weighted by Gasteiger charge is 2.21. The average Bonchev–Trinajstić information content (AvgIpc) is 2.71. The van der Waals surface area contributed by atoms with Crippen molar-refractivity contribution in [2.75, 3.05) is 26.7 Å². The predicted molar refractivity (Wildman–Crippen MR) is 118 cm³/mol. The molecular weight excluding hydrogens is 384 g/mol. The second kappa shape index (κ2) is 12.3. The van der Waals surface area contributed by atoms with Crippen molar-refractivity contribution in [3.8, 4) is 0 Å². The van der Waals surface area contributed by atoms with Crippen LogP contribution in [0.4, 0.5) is 0 Å². The Morgan fingerprint density at radius 2 is 1.45 bits per heavy atom. The summed E-state index contributed by atoms with van der Waals surface area (Å²) in [5.41, 5.74) is 1.04. The fourth-order valence-electron chi connectivity index (χ4n) is 3.83. The highest BCUT2D eigenvalue weighted by molar-refractivity contribution is 7.89. The van der Waals surface area contributed by atoms with Crippen LogP contribution in [0.25, 0.3) is 0 Å². The smallest absolute Gasteiger partial charge is 0.242 e. The molecule has 0 saturated carbocycles. The van der Waals surface area contributed by atoms with E-state index in [2.05, 4.69) is 0 Å². The summed E-state index contributed by atoms with van der Waals surface area (Å²) in [6.07, 6.45) is 12.0. The van der Waals surface area contributed by atoms with Gasteiger partial charge in [-0.05, 0) is 38.3 Å². The highest BCUT2D eigenvalue weighted by Crippen LogP contribution is 2.16. The number of hydrogen-bond donors (Lipinski definition) is 0. The molecule has 5 nitrogen and oxygen atoms in total. The highest BCUT2D eigenvalue weighted by atomic mass is 32.2. The van der Waals surface area contributed by atoms with Gasteiger partial charge in [0.05, 0.1) is 4.90 Å². The molecule has 0 bridgehead atoms. The van der Waals surface area contributed by atoms with Crippen LogP contribution in [-0.4, -0.2) is 50.2 Å². The second-order valence-electron chi connectivity index (χ2n) is 8.31. The molecule has 6 heteroatoms. The lowest BCUT2D eigenvalue weighted by atomic mass is 10.1. The summed E-state index contributed by atoms with van der Waals surface area (Å²) in [5.74, 6) is 0.230. The summed E-state index contributed by atoms with van der Waals surface area (Å²) in [6, 6.07) is 6.95. The molecule has 1 aliphatic rings.